The van der Waals surface area contributed by atoms with E-state index in [2.05, 4.69) is 16.0 Å². The summed E-state index contributed by atoms with van der Waals surface area (Å²) in [6.07, 6.45) is -4.52. The van der Waals surface area contributed by atoms with Crippen molar-refractivity contribution in [2.75, 3.05) is 43.1 Å². The van der Waals surface area contributed by atoms with Crippen LogP contribution in [0.15, 0.2) is 47.4 Å². The highest BCUT2D eigenvalue weighted by atomic mass is 32.2. The minimum Gasteiger partial charge on any atom is -0.384 e. The van der Waals surface area contributed by atoms with Gasteiger partial charge in [-0.2, -0.15) is 13.2 Å². The van der Waals surface area contributed by atoms with E-state index < -0.39 is 27.7 Å². The second-order valence-corrected chi connectivity index (χ2v) is 8.66. The van der Waals surface area contributed by atoms with E-state index >= 15 is 0 Å². The number of nitrogens with zero attached hydrogens (tertiary/aromatic N) is 1. The molecule has 7 nitrogen and oxygen atoms in total. The lowest BCUT2D eigenvalue weighted by Gasteiger charge is -2.17. The molecule has 2 aromatic rings. The number of sulfonamides is 1. The first kappa shape index (κ1) is 23.5. The van der Waals surface area contributed by atoms with E-state index in [1.54, 1.807) is 6.07 Å². The molecule has 1 amide bonds. The molecular weight excluding hydrogens is 421 g/mol. The Hall–Kier alpha value is -2.79. The number of carbonyl (C=O) groups excluding carboxylic acids is 1. The summed E-state index contributed by atoms with van der Waals surface area (Å²) in [5.41, 5.74) is 0.0952. The molecule has 0 aromatic heterocycles. The Bertz CT molecular complexity index is 1010. The third kappa shape index (κ3) is 5.86. The molecule has 11 heteroatoms. The Balaban J connectivity index is 2.16. The number of anilines is 3. The molecule has 0 heterocycles. The Morgan fingerprint density at radius 2 is 1.73 bits per heavy atom. The first-order valence-electron chi connectivity index (χ1n) is 8.96. The van der Waals surface area contributed by atoms with Crippen molar-refractivity contribution in [3.63, 3.8) is 0 Å². The van der Waals surface area contributed by atoms with Gasteiger partial charge in [-0.3, -0.25) is 4.79 Å². The van der Waals surface area contributed by atoms with Gasteiger partial charge in [-0.05, 0) is 43.3 Å². The van der Waals surface area contributed by atoms with E-state index in [9.17, 15) is 26.4 Å². The molecule has 0 aliphatic rings. The van der Waals surface area contributed by atoms with Crippen LogP contribution >= 0.6 is 0 Å². The van der Waals surface area contributed by atoms with Crippen LogP contribution in [0.1, 0.15) is 12.5 Å². The van der Waals surface area contributed by atoms with Gasteiger partial charge in [0.25, 0.3) is 0 Å². The van der Waals surface area contributed by atoms with Gasteiger partial charge in [-0.1, -0.05) is 6.07 Å². The standard InChI is InChI=1S/C19H23F3N4O3S/c1-4-23-16-9-8-15(30(28,29)26(2)3)11-17(16)24-12-18(27)25-14-7-5-6-13(10-14)19(20,21)22/h5-11,23-24H,4,12H2,1-3H3,(H,25,27). The zero-order valence-electron chi connectivity index (χ0n) is 16.7. The van der Waals surface area contributed by atoms with Crippen molar-refractivity contribution >= 4 is 33.0 Å². The van der Waals surface area contributed by atoms with E-state index in [4.69, 9.17) is 0 Å². The number of benzene rings is 2. The highest BCUT2D eigenvalue weighted by Gasteiger charge is 2.30. The Morgan fingerprint density at radius 1 is 1.03 bits per heavy atom. The first-order chi connectivity index (χ1) is 13.9. The lowest BCUT2D eigenvalue weighted by atomic mass is 10.2. The lowest BCUT2D eigenvalue weighted by molar-refractivity contribution is -0.137. The largest absolute Gasteiger partial charge is 0.416 e. The van der Waals surface area contributed by atoms with Crippen molar-refractivity contribution in [1.29, 1.82) is 0 Å². The predicted molar refractivity (Wildman–Crippen MR) is 110 cm³/mol. The fraction of sp³-hybridized carbons (Fsp3) is 0.316. The van der Waals surface area contributed by atoms with E-state index in [0.29, 0.717) is 17.9 Å². The normalized spacial score (nSPS) is 12.0. The van der Waals surface area contributed by atoms with E-state index in [0.717, 1.165) is 16.4 Å². The van der Waals surface area contributed by atoms with Crippen molar-refractivity contribution < 1.29 is 26.4 Å². The average Bonchev–Trinajstić information content (AvgIpc) is 2.66. The zero-order chi connectivity index (χ0) is 22.5. The number of nitrogens with one attached hydrogen (secondary N) is 3. The van der Waals surface area contributed by atoms with Gasteiger partial charge in [0.1, 0.15) is 0 Å². The van der Waals surface area contributed by atoms with Gasteiger partial charge in [0, 0.05) is 26.3 Å². The van der Waals surface area contributed by atoms with E-state index in [-0.39, 0.29) is 17.1 Å². The van der Waals surface area contributed by atoms with Gasteiger partial charge in [0.15, 0.2) is 0 Å². The second-order valence-electron chi connectivity index (χ2n) is 6.51. The van der Waals surface area contributed by atoms with Crippen LogP contribution in [-0.4, -0.2) is 45.8 Å². The third-order valence-corrected chi connectivity index (χ3v) is 5.86. The zero-order valence-corrected chi connectivity index (χ0v) is 17.5. The molecule has 0 aliphatic carbocycles. The van der Waals surface area contributed by atoms with Gasteiger partial charge in [0.2, 0.25) is 15.9 Å². The maximum absolute atomic E-state index is 12.8. The van der Waals surface area contributed by atoms with Crippen molar-refractivity contribution in [2.24, 2.45) is 0 Å². The summed E-state index contributed by atoms with van der Waals surface area (Å²) in [7, 11) is -0.867. The summed E-state index contributed by atoms with van der Waals surface area (Å²) >= 11 is 0. The summed E-state index contributed by atoms with van der Waals surface area (Å²) in [4.78, 5) is 12.2. The van der Waals surface area contributed by atoms with Crippen molar-refractivity contribution in [3.8, 4) is 0 Å². The summed E-state index contributed by atoms with van der Waals surface area (Å²) in [5.74, 6) is -0.586. The summed E-state index contributed by atoms with van der Waals surface area (Å²) in [5, 5.41) is 8.28. The molecule has 2 rings (SSSR count). The van der Waals surface area contributed by atoms with Crippen LogP contribution in [0.2, 0.25) is 0 Å². The third-order valence-electron chi connectivity index (χ3n) is 4.05. The number of rotatable bonds is 8. The predicted octanol–water partition coefficient (Wildman–Crippen LogP) is 3.44. The molecule has 0 aliphatic heterocycles. The van der Waals surface area contributed by atoms with Gasteiger partial charge >= 0.3 is 6.18 Å². The topological polar surface area (TPSA) is 90.5 Å². The molecule has 30 heavy (non-hydrogen) atoms. The highest BCUT2D eigenvalue weighted by molar-refractivity contribution is 7.89. The van der Waals surface area contributed by atoms with Gasteiger partial charge in [-0.15, -0.1) is 0 Å². The average molecular weight is 444 g/mol. The smallest absolute Gasteiger partial charge is 0.384 e. The minimum atomic E-state index is -4.52. The van der Waals surface area contributed by atoms with E-state index in [1.165, 1.54) is 38.4 Å². The number of halogens is 3. The Labute approximate surface area is 173 Å². The molecule has 164 valence electrons. The molecule has 2 aromatic carbocycles. The monoisotopic (exact) mass is 444 g/mol. The summed E-state index contributed by atoms with van der Waals surface area (Å²) < 4.78 is 64.2. The summed E-state index contributed by atoms with van der Waals surface area (Å²) in [6, 6.07) is 8.71. The fourth-order valence-electron chi connectivity index (χ4n) is 2.54. The van der Waals surface area contributed by atoms with Crippen LogP contribution in [0.4, 0.5) is 30.2 Å². The van der Waals surface area contributed by atoms with Gasteiger partial charge in [0.05, 0.1) is 28.4 Å². The van der Waals surface area contributed by atoms with Crippen LogP contribution < -0.4 is 16.0 Å². The molecule has 0 saturated carbocycles. The van der Waals surface area contributed by atoms with Crippen LogP contribution in [0.25, 0.3) is 0 Å². The number of amides is 1. The Morgan fingerprint density at radius 3 is 2.33 bits per heavy atom. The van der Waals surface area contributed by atoms with Gasteiger partial charge in [-0.25, -0.2) is 12.7 Å². The molecule has 0 bridgehead atoms. The van der Waals surface area contributed by atoms with Crippen LogP contribution in [0, 0.1) is 0 Å². The molecule has 0 saturated heterocycles. The molecule has 0 unspecified atom stereocenters. The van der Waals surface area contributed by atoms with Crippen LogP contribution in [0.5, 0.6) is 0 Å². The fourth-order valence-corrected chi connectivity index (χ4v) is 3.47. The molecule has 3 N–H and O–H groups in total. The number of carbonyl (C=O) groups is 1. The Kier molecular flexibility index (Phi) is 7.32. The molecular formula is C19H23F3N4O3S. The quantitative estimate of drug-likeness (QED) is 0.580. The molecule has 0 fully saturated rings. The molecule has 0 spiro atoms. The minimum absolute atomic E-state index is 0.00691. The number of hydrogen-bond donors (Lipinski definition) is 3. The lowest BCUT2D eigenvalue weighted by Crippen LogP contribution is -2.24. The van der Waals surface area contributed by atoms with E-state index in [1.807, 2.05) is 6.92 Å². The van der Waals surface area contributed by atoms with Crippen LogP contribution in [-0.2, 0) is 21.0 Å². The molecule has 0 radical (unpaired) electrons. The number of alkyl halides is 3. The second kappa shape index (κ2) is 9.35. The van der Waals surface area contributed by atoms with Crippen molar-refractivity contribution in [2.45, 2.75) is 18.0 Å². The maximum Gasteiger partial charge on any atom is 0.416 e. The SMILES string of the molecule is CCNc1ccc(S(=O)(=O)N(C)C)cc1NCC(=O)Nc1cccc(C(F)(F)F)c1. The number of hydrogen-bond acceptors (Lipinski definition) is 5. The van der Waals surface area contributed by atoms with Crippen molar-refractivity contribution in [3.05, 3.63) is 48.0 Å². The highest BCUT2D eigenvalue weighted by Crippen LogP contribution is 2.31. The first-order valence-corrected chi connectivity index (χ1v) is 10.4. The maximum atomic E-state index is 12.8. The van der Waals surface area contributed by atoms with Crippen LogP contribution in [0.3, 0.4) is 0 Å². The van der Waals surface area contributed by atoms with Gasteiger partial charge < -0.3 is 16.0 Å². The molecule has 0 atom stereocenters. The van der Waals surface area contributed by atoms with Crippen molar-refractivity contribution in [1.82, 2.24) is 4.31 Å². The summed E-state index contributed by atoms with van der Waals surface area (Å²) in [6.45, 7) is 2.14.